The van der Waals surface area contributed by atoms with Gasteiger partial charge in [0.05, 0.1) is 11.3 Å². The lowest BCUT2D eigenvalue weighted by Crippen LogP contribution is -2.37. The molecule has 0 unspecified atom stereocenters. The lowest BCUT2D eigenvalue weighted by atomic mass is 10.2. The second-order valence-corrected chi connectivity index (χ2v) is 2.49. The predicted molar refractivity (Wildman–Crippen MR) is 38.3 cm³/mol. The Bertz CT molecular complexity index is 135. The lowest BCUT2D eigenvalue weighted by molar-refractivity contribution is -0.684. The van der Waals surface area contributed by atoms with Crippen molar-refractivity contribution >= 4 is 0 Å². The second-order valence-electron chi connectivity index (χ2n) is 2.49. The smallest absolute Gasteiger partial charge is 0.307 e. The molecule has 0 aliphatic carbocycles. The minimum atomic E-state index is -2.73. The number of rotatable bonds is 5. The first-order chi connectivity index (χ1) is 5.00. The maximum atomic E-state index is 9.92. The fraction of sp³-hybridized carbons (Fsp3) is 1.00. The third-order valence-corrected chi connectivity index (χ3v) is 1.41. The van der Waals surface area contributed by atoms with Crippen LogP contribution >= 0.6 is 0 Å². The fourth-order valence-corrected chi connectivity index (χ4v) is 0.703. The van der Waals surface area contributed by atoms with E-state index in [1.165, 1.54) is 0 Å². The van der Waals surface area contributed by atoms with Gasteiger partial charge in [0.1, 0.15) is 0 Å². The molecule has 0 saturated carbocycles. The van der Waals surface area contributed by atoms with Crippen LogP contribution in [0.3, 0.4) is 0 Å². The number of hydrogen-bond acceptors (Lipinski definition) is 4. The molecule has 5 nitrogen and oxygen atoms in total. The molecule has 0 heterocycles. The molecule has 0 aromatic heterocycles. The Morgan fingerprint density at radius 3 is 2.36 bits per heavy atom. The van der Waals surface area contributed by atoms with Gasteiger partial charge in [-0.05, 0) is 6.42 Å². The van der Waals surface area contributed by atoms with Crippen LogP contribution in [0.15, 0.2) is 0 Å². The summed E-state index contributed by atoms with van der Waals surface area (Å²) >= 11 is 0. The lowest BCUT2D eigenvalue weighted by Gasteiger charge is -2.10. The molecule has 0 bridgehead atoms. The molecule has 2 N–H and O–H groups in total. The first-order valence-corrected chi connectivity index (χ1v) is 3.60. The summed E-state index contributed by atoms with van der Waals surface area (Å²) in [6, 6.07) is 0. The van der Waals surface area contributed by atoms with Crippen LogP contribution in [-0.2, 0) is 0 Å². The molecular weight excluding hydrogens is 150 g/mol. The van der Waals surface area contributed by atoms with Gasteiger partial charge in [0, 0.05) is 0 Å². The molecule has 0 aliphatic heterocycles. The standard InChI is InChI=1S/C6H13NO4/c1-2-3-4-5-6(8,9)7(10)11/h8-9H,2-5H2,1H3. The van der Waals surface area contributed by atoms with Gasteiger partial charge in [0.25, 0.3) is 0 Å². The average molecular weight is 163 g/mol. The van der Waals surface area contributed by atoms with Crippen LogP contribution in [0.5, 0.6) is 0 Å². The molecule has 0 atom stereocenters. The van der Waals surface area contributed by atoms with E-state index < -0.39 is 10.8 Å². The van der Waals surface area contributed by atoms with Crippen molar-refractivity contribution in [2.75, 3.05) is 0 Å². The maximum absolute atomic E-state index is 9.92. The summed E-state index contributed by atoms with van der Waals surface area (Å²) in [6.45, 7) is 1.93. The molecule has 0 spiro atoms. The highest BCUT2D eigenvalue weighted by Crippen LogP contribution is 2.11. The zero-order valence-electron chi connectivity index (χ0n) is 6.49. The average Bonchev–Trinajstić information content (AvgIpc) is 1.88. The van der Waals surface area contributed by atoms with Crippen molar-refractivity contribution in [1.82, 2.24) is 0 Å². The molecule has 0 fully saturated rings. The van der Waals surface area contributed by atoms with E-state index in [1.807, 2.05) is 6.92 Å². The molecule has 0 saturated heterocycles. The molecule has 0 aromatic rings. The summed E-state index contributed by atoms with van der Waals surface area (Å²) in [4.78, 5) is 8.84. The summed E-state index contributed by atoms with van der Waals surface area (Å²) in [5.41, 5.74) is 0. The van der Waals surface area contributed by atoms with E-state index in [-0.39, 0.29) is 6.42 Å². The fourth-order valence-electron chi connectivity index (χ4n) is 0.703. The summed E-state index contributed by atoms with van der Waals surface area (Å²) in [5, 5.41) is 27.3. The van der Waals surface area contributed by atoms with Gasteiger partial charge in [-0.1, -0.05) is 19.8 Å². The first-order valence-electron chi connectivity index (χ1n) is 3.60. The largest absolute Gasteiger partial charge is 0.437 e. The molecule has 0 radical (unpaired) electrons. The van der Waals surface area contributed by atoms with Gasteiger partial charge in [0.15, 0.2) is 0 Å². The Morgan fingerprint density at radius 2 is 2.00 bits per heavy atom. The van der Waals surface area contributed by atoms with E-state index in [9.17, 15) is 10.1 Å². The molecule has 0 aromatic carbocycles. The molecule has 0 rings (SSSR count). The van der Waals surface area contributed by atoms with Gasteiger partial charge in [-0.2, -0.15) is 0 Å². The Kier molecular flexibility index (Phi) is 3.99. The van der Waals surface area contributed by atoms with Crippen LogP contribution < -0.4 is 0 Å². The minimum Gasteiger partial charge on any atom is -0.307 e. The Labute approximate surface area is 64.8 Å². The van der Waals surface area contributed by atoms with Crippen molar-refractivity contribution in [3.63, 3.8) is 0 Å². The zero-order valence-corrected chi connectivity index (χ0v) is 6.49. The van der Waals surface area contributed by atoms with Gasteiger partial charge in [-0.15, -0.1) is 0 Å². The highest BCUT2D eigenvalue weighted by atomic mass is 16.7. The van der Waals surface area contributed by atoms with E-state index in [4.69, 9.17) is 10.2 Å². The molecular formula is C6H13NO4. The number of hydrogen-bond donors (Lipinski definition) is 2. The normalized spacial score (nSPS) is 11.5. The number of nitrogens with zero attached hydrogens (tertiary/aromatic N) is 1. The van der Waals surface area contributed by atoms with Crippen LogP contribution in [0.25, 0.3) is 0 Å². The Morgan fingerprint density at radius 1 is 1.45 bits per heavy atom. The summed E-state index contributed by atoms with van der Waals surface area (Å²) < 4.78 is 0. The van der Waals surface area contributed by atoms with Crippen molar-refractivity contribution in [3.05, 3.63) is 10.1 Å². The highest BCUT2D eigenvalue weighted by Gasteiger charge is 2.36. The predicted octanol–water partition coefficient (Wildman–Crippen LogP) is 0.482. The third kappa shape index (κ3) is 3.90. The molecule has 66 valence electrons. The van der Waals surface area contributed by atoms with Crippen molar-refractivity contribution in [2.45, 2.75) is 38.5 Å². The van der Waals surface area contributed by atoms with Crippen LogP contribution in [0.4, 0.5) is 0 Å². The van der Waals surface area contributed by atoms with Crippen molar-refractivity contribution in [3.8, 4) is 0 Å². The quantitative estimate of drug-likeness (QED) is 0.267. The van der Waals surface area contributed by atoms with E-state index >= 15 is 0 Å². The van der Waals surface area contributed by atoms with E-state index in [2.05, 4.69) is 0 Å². The van der Waals surface area contributed by atoms with Crippen LogP contribution in [-0.4, -0.2) is 21.0 Å². The minimum absolute atomic E-state index is 0.201. The first kappa shape index (κ1) is 10.3. The van der Waals surface area contributed by atoms with Gasteiger partial charge in [-0.3, -0.25) is 10.1 Å². The topological polar surface area (TPSA) is 83.6 Å². The van der Waals surface area contributed by atoms with E-state index in [0.717, 1.165) is 12.8 Å². The second kappa shape index (κ2) is 4.25. The Hall–Kier alpha value is -0.680. The van der Waals surface area contributed by atoms with Gasteiger partial charge in [0.2, 0.25) is 0 Å². The van der Waals surface area contributed by atoms with Gasteiger partial charge in [-0.25, -0.2) is 0 Å². The van der Waals surface area contributed by atoms with Gasteiger partial charge >= 0.3 is 5.91 Å². The SMILES string of the molecule is CCCCCC(O)(O)[N+](=O)[O-]. The number of aliphatic hydroxyl groups is 2. The maximum Gasteiger partial charge on any atom is 0.437 e. The third-order valence-electron chi connectivity index (χ3n) is 1.41. The molecule has 11 heavy (non-hydrogen) atoms. The van der Waals surface area contributed by atoms with Crippen LogP contribution in [0.2, 0.25) is 0 Å². The summed E-state index contributed by atoms with van der Waals surface area (Å²) in [6.07, 6.45) is 1.93. The highest BCUT2D eigenvalue weighted by molar-refractivity contribution is 4.49. The van der Waals surface area contributed by atoms with Gasteiger partial charge < -0.3 is 10.2 Å². The number of nitro groups is 1. The molecule has 5 heteroatoms. The monoisotopic (exact) mass is 163 g/mol. The molecule has 0 amide bonds. The zero-order chi connectivity index (χ0) is 8.91. The summed E-state index contributed by atoms with van der Waals surface area (Å²) in [7, 11) is 0. The summed E-state index contributed by atoms with van der Waals surface area (Å²) in [5.74, 6) is -2.73. The van der Waals surface area contributed by atoms with Crippen molar-refractivity contribution in [2.24, 2.45) is 0 Å². The van der Waals surface area contributed by atoms with Crippen LogP contribution in [0, 0.1) is 10.1 Å². The van der Waals surface area contributed by atoms with Crippen molar-refractivity contribution < 1.29 is 15.1 Å². The van der Waals surface area contributed by atoms with Crippen molar-refractivity contribution in [1.29, 1.82) is 0 Å². The van der Waals surface area contributed by atoms with E-state index in [1.54, 1.807) is 0 Å². The number of unbranched alkanes of at least 4 members (excludes halogenated alkanes) is 2. The molecule has 0 aliphatic rings. The van der Waals surface area contributed by atoms with E-state index in [0.29, 0.717) is 6.42 Å². The Balaban J connectivity index is 3.64. The van der Waals surface area contributed by atoms with Crippen LogP contribution in [0.1, 0.15) is 32.6 Å².